The highest BCUT2D eigenvalue weighted by molar-refractivity contribution is 7.79. The zero-order valence-electron chi connectivity index (χ0n) is 15.6. The first kappa shape index (κ1) is 18.1. The third kappa shape index (κ3) is 3.24. The molecule has 0 aliphatic heterocycles. The molecule has 0 N–H and O–H groups in total. The number of carbonyl (C=O) groups excluding carboxylic acids is 1. The molecule has 2 aliphatic rings. The van der Waals surface area contributed by atoms with Gasteiger partial charge in [0.2, 0.25) is 0 Å². The fraction of sp³-hybridized carbons (Fsp3) is 0.524. The molecule has 1 aromatic carbocycles. The maximum Gasteiger partial charge on any atom is 0.357 e. The van der Waals surface area contributed by atoms with Crippen LogP contribution in [0.15, 0.2) is 17.9 Å². The van der Waals surface area contributed by atoms with Gasteiger partial charge in [0.1, 0.15) is 5.76 Å². The quantitative estimate of drug-likeness (QED) is 0.704. The molecule has 0 saturated heterocycles. The van der Waals surface area contributed by atoms with Crippen molar-refractivity contribution in [2.45, 2.75) is 47.0 Å². The second-order valence-corrected chi connectivity index (χ2v) is 7.90. The number of rotatable bonds is 2. The molecule has 3 atom stereocenters. The Bertz CT molecular complexity index is 739. The molecule has 0 spiro atoms. The minimum Gasteiger partial charge on any atom is -0.460 e. The number of ether oxygens (including phenoxy) is 2. The molecule has 0 bridgehead atoms. The zero-order valence-corrected chi connectivity index (χ0v) is 16.5. The van der Waals surface area contributed by atoms with Gasteiger partial charge in [0.25, 0.3) is 0 Å². The highest BCUT2D eigenvalue weighted by Crippen LogP contribution is 2.49. The molecule has 0 amide bonds. The maximum atomic E-state index is 13.3. The molecule has 0 radical (unpaired) electrons. The first-order valence-corrected chi connectivity index (χ1v) is 9.36. The van der Waals surface area contributed by atoms with Crippen LogP contribution in [0.4, 0.5) is 0 Å². The van der Waals surface area contributed by atoms with Crippen molar-refractivity contribution in [3.63, 3.8) is 0 Å². The number of benzene rings is 1. The molecule has 1 saturated carbocycles. The summed E-state index contributed by atoms with van der Waals surface area (Å²) in [4.78, 5) is 13.3. The van der Waals surface area contributed by atoms with Crippen LogP contribution in [0, 0.1) is 38.5 Å². The average molecular weight is 359 g/mol. The minimum atomic E-state index is 0.00788. The van der Waals surface area contributed by atoms with E-state index in [1.807, 2.05) is 0 Å². The highest BCUT2D eigenvalue weighted by atomic mass is 32.1. The van der Waals surface area contributed by atoms with Crippen LogP contribution < -0.4 is 0 Å². The number of methoxy groups -OCH3 is 1. The molecule has 4 heteroatoms. The van der Waals surface area contributed by atoms with E-state index in [1.54, 1.807) is 0 Å². The van der Waals surface area contributed by atoms with Crippen LogP contribution in [0.3, 0.4) is 0 Å². The van der Waals surface area contributed by atoms with E-state index >= 15 is 0 Å². The number of allylic oxidation sites excluding steroid dienone is 2. The Hall–Kier alpha value is -1.68. The summed E-state index contributed by atoms with van der Waals surface area (Å²) in [7, 11) is 1.50. The van der Waals surface area contributed by atoms with E-state index in [9.17, 15) is 4.79 Å². The number of hydrogen-bond donors (Lipinski definition) is 0. The predicted octanol–water partition coefficient (Wildman–Crippen LogP) is 4.91. The third-order valence-electron chi connectivity index (χ3n) is 5.57. The van der Waals surface area contributed by atoms with E-state index in [2.05, 4.69) is 39.8 Å². The van der Waals surface area contributed by atoms with E-state index in [0.717, 1.165) is 47.3 Å². The molecule has 2 aliphatic carbocycles. The van der Waals surface area contributed by atoms with Crippen molar-refractivity contribution < 1.29 is 14.3 Å². The maximum absolute atomic E-state index is 13.3. The van der Waals surface area contributed by atoms with Gasteiger partial charge < -0.3 is 9.47 Å². The number of thiocarbonyl (C=S) groups is 1. The fourth-order valence-electron chi connectivity index (χ4n) is 4.56. The summed E-state index contributed by atoms with van der Waals surface area (Å²) in [6, 6.07) is 4.25. The smallest absolute Gasteiger partial charge is 0.357 e. The summed E-state index contributed by atoms with van der Waals surface area (Å²) in [5.41, 5.74) is 5.14. The summed E-state index contributed by atoms with van der Waals surface area (Å²) in [6.45, 7) is 8.43. The van der Waals surface area contributed by atoms with Crippen molar-refractivity contribution in [1.29, 1.82) is 0 Å². The van der Waals surface area contributed by atoms with Crippen molar-refractivity contribution in [2.75, 3.05) is 7.11 Å². The van der Waals surface area contributed by atoms with Crippen molar-refractivity contribution >= 4 is 28.8 Å². The van der Waals surface area contributed by atoms with Gasteiger partial charge in [-0.3, -0.25) is 4.79 Å². The van der Waals surface area contributed by atoms with Crippen molar-refractivity contribution in [3.8, 4) is 0 Å². The van der Waals surface area contributed by atoms with Crippen molar-refractivity contribution in [1.82, 2.24) is 0 Å². The van der Waals surface area contributed by atoms with Crippen LogP contribution in [0.25, 0.3) is 5.57 Å². The van der Waals surface area contributed by atoms with Gasteiger partial charge in [-0.15, -0.1) is 0 Å². The van der Waals surface area contributed by atoms with Gasteiger partial charge in [0.05, 0.1) is 12.7 Å². The van der Waals surface area contributed by atoms with Crippen LogP contribution >= 0.6 is 12.2 Å². The lowest BCUT2D eigenvalue weighted by molar-refractivity contribution is -0.118. The lowest BCUT2D eigenvalue weighted by Gasteiger charge is -2.29. The van der Waals surface area contributed by atoms with Crippen LogP contribution in [0.2, 0.25) is 0 Å². The molecule has 3 rings (SSSR count). The monoisotopic (exact) mass is 358 g/mol. The Morgan fingerprint density at radius 2 is 1.76 bits per heavy atom. The van der Waals surface area contributed by atoms with E-state index in [0.29, 0.717) is 5.92 Å². The lowest BCUT2D eigenvalue weighted by atomic mass is 9.75. The number of ketones is 1. The van der Waals surface area contributed by atoms with E-state index in [4.69, 9.17) is 21.7 Å². The van der Waals surface area contributed by atoms with Gasteiger partial charge >= 0.3 is 5.24 Å². The Kier molecular flexibility index (Phi) is 5.01. The van der Waals surface area contributed by atoms with Gasteiger partial charge in [-0.05, 0) is 62.6 Å². The third-order valence-corrected chi connectivity index (χ3v) is 5.82. The molecule has 1 fully saturated rings. The molecular weight excluding hydrogens is 332 g/mol. The Morgan fingerprint density at radius 3 is 2.36 bits per heavy atom. The number of hydrogen-bond acceptors (Lipinski definition) is 4. The molecule has 3 unspecified atom stereocenters. The van der Waals surface area contributed by atoms with Gasteiger partial charge in [-0.1, -0.05) is 24.6 Å². The minimum absolute atomic E-state index is 0.00788. The average Bonchev–Trinajstić information content (AvgIpc) is 2.79. The van der Waals surface area contributed by atoms with Gasteiger partial charge in [0.15, 0.2) is 5.78 Å². The Morgan fingerprint density at radius 1 is 1.12 bits per heavy atom. The van der Waals surface area contributed by atoms with E-state index in [1.165, 1.54) is 12.7 Å². The summed E-state index contributed by atoms with van der Waals surface area (Å²) >= 11 is 5.15. The molecule has 134 valence electrons. The molecule has 1 aromatic rings. The summed E-state index contributed by atoms with van der Waals surface area (Å²) in [5.74, 6) is 1.63. The van der Waals surface area contributed by atoms with Crippen molar-refractivity contribution in [3.05, 3.63) is 40.1 Å². The summed E-state index contributed by atoms with van der Waals surface area (Å²) < 4.78 is 11.0. The zero-order chi connectivity index (χ0) is 18.3. The van der Waals surface area contributed by atoms with Gasteiger partial charge in [-0.25, -0.2) is 0 Å². The first-order valence-electron chi connectivity index (χ1n) is 8.95. The molecule has 3 nitrogen and oxygen atoms in total. The van der Waals surface area contributed by atoms with Crippen LogP contribution in [0.5, 0.6) is 0 Å². The summed E-state index contributed by atoms with van der Waals surface area (Å²) in [6.07, 6.45) is 3.00. The van der Waals surface area contributed by atoms with E-state index in [-0.39, 0.29) is 22.9 Å². The Balaban J connectivity index is 2.16. The first-order chi connectivity index (χ1) is 11.8. The number of carbonyl (C=O) groups is 1. The van der Waals surface area contributed by atoms with E-state index < -0.39 is 0 Å². The standard InChI is InChI=1S/C21H26O3S/c1-11-6-7-15-16(10-11)19(22)18(20(15)24-21(25)23-5)17-13(3)8-12(2)9-14(17)4/h8-9,11,15-16H,6-7,10H2,1-5H3. The SMILES string of the molecule is COC(=S)OC1=C(c2c(C)cc(C)cc2C)C(=O)C2CC(C)CCC12. The number of aryl methyl sites for hydroxylation is 3. The van der Waals surface area contributed by atoms with Crippen LogP contribution in [0.1, 0.15) is 48.4 Å². The summed E-state index contributed by atoms with van der Waals surface area (Å²) in [5, 5.41) is 0.0852. The van der Waals surface area contributed by atoms with Gasteiger partial charge in [0, 0.05) is 24.1 Å². The number of fused-ring (bicyclic) bond motifs is 1. The normalized spacial score (nSPS) is 25.8. The fourth-order valence-corrected chi connectivity index (χ4v) is 4.65. The molecular formula is C21H26O3S. The Labute approximate surface area is 155 Å². The largest absolute Gasteiger partial charge is 0.460 e. The molecule has 0 aromatic heterocycles. The predicted molar refractivity (Wildman–Crippen MR) is 103 cm³/mol. The lowest BCUT2D eigenvalue weighted by Crippen LogP contribution is -2.26. The molecule has 25 heavy (non-hydrogen) atoms. The molecule has 0 heterocycles. The second-order valence-electron chi connectivity index (χ2n) is 7.56. The van der Waals surface area contributed by atoms with Crippen LogP contribution in [-0.2, 0) is 14.3 Å². The second kappa shape index (κ2) is 6.91. The van der Waals surface area contributed by atoms with Gasteiger partial charge in [-0.2, -0.15) is 0 Å². The topological polar surface area (TPSA) is 35.5 Å². The number of Topliss-reactive ketones (excluding diaryl/α,β-unsaturated/α-hetero) is 1. The van der Waals surface area contributed by atoms with Crippen molar-refractivity contribution in [2.24, 2.45) is 17.8 Å². The highest BCUT2D eigenvalue weighted by Gasteiger charge is 2.47. The van der Waals surface area contributed by atoms with Crippen LogP contribution in [-0.4, -0.2) is 18.1 Å².